The van der Waals surface area contributed by atoms with E-state index in [4.69, 9.17) is 5.14 Å². The molecule has 0 aliphatic heterocycles. The fourth-order valence-corrected chi connectivity index (χ4v) is 4.00. The van der Waals surface area contributed by atoms with Crippen LogP contribution in [0.1, 0.15) is 36.0 Å². The highest BCUT2D eigenvalue weighted by Crippen LogP contribution is 2.27. The fourth-order valence-electron chi connectivity index (χ4n) is 3.24. The smallest absolute Gasteiger partial charge is 0.251 e. The molecule has 1 saturated carbocycles. The van der Waals surface area contributed by atoms with E-state index in [9.17, 15) is 18.3 Å². The molecular formula is C19H22N2O4S. The van der Waals surface area contributed by atoms with Gasteiger partial charge in [-0.2, -0.15) is 0 Å². The van der Waals surface area contributed by atoms with Crippen molar-refractivity contribution in [2.45, 2.75) is 42.7 Å². The maximum atomic E-state index is 12.4. The Bertz CT molecular complexity index is 886. The molecule has 6 nitrogen and oxygen atoms in total. The molecule has 0 bridgehead atoms. The van der Waals surface area contributed by atoms with Crippen molar-refractivity contribution in [3.63, 3.8) is 0 Å². The van der Waals surface area contributed by atoms with E-state index in [1.54, 1.807) is 42.5 Å². The van der Waals surface area contributed by atoms with Crippen LogP contribution in [0.3, 0.4) is 0 Å². The van der Waals surface area contributed by atoms with Gasteiger partial charge in [0.2, 0.25) is 10.0 Å². The summed E-state index contributed by atoms with van der Waals surface area (Å²) >= 11 is 0. The summed E-state index contributed by atoms with van der Waals surface area (Å²) in [5, 5.41) is 17.8. The van der Waals surface area contributed by atoms with Gasteiger partial charge in [0.05, 0.1) is 11.0 Å². The summed E-state index contributed by atoms with van der Waals surface area (Å²) in [5.41, 5.74) is 1.68. The summed E-state index contributed by atoms with van der Waals surface area (Å²) in [6.45, 7) is 0. The zero-order valence-electron chi connectivity index (χ0n) is 14.3. The minimum absolute atomic E-state index is 0.0537. The Balaban J connectivity index is 1.76. The van der Waals surface area contributed by atoms with Crippen molar-refractivity contribution in [1.29, 1.82) is 0 Å². The van der Waals surface area contributed by atoms with Gasteiger partial charge in [-0.25, -0.2) is 13.6 Å². The Hall–Kier alpha value is -2.22. The van der Waals surface area contributed by atoms with E-state index >= 15 is 0 Å². The molecule has 1 aliphatic rings. The first-order chi connectivity index (χ1) is 12.3. The van der Waals surface area contributed by atoms with E-state index in [-0.39, 0.29) is 22.9 Å². The number of aliphatic hydroxyl groups is 1. The third kappa shape index (κ3) is 4.30. The van der Waals surface area contributed by atoms with Crippen molar-refractivity contribution in [2.75, 3.05) is 0 Å². The molecule has 0 saturated heterocycles. The quantitative estimate of drug-likeness (QED) is 0.760. The van der Waals surface area contributed by atoms with Gasteiger partial charge in [0, 0.05) is 17.2 Å². The van der Waals surface area contributed by atoms with E-state index in [0.717, 1.165) is 12.8 Å². The summed E-state index contributed by atoms with van der Waals surface area (Å²) in [7, 11) is -3.83. The van der Waals surface area contributed by atoms with Gasteiger partial charge in [-0.15, -0.1) is 0 Å². The molecule has 4 N–H and O–H groups in total. The number of hydrogen-bond donors (Lipinski definition) is 3. The molecule has 2 aromatic rings. The summed E-state index contributed by atoms with van der Waals surface area (Å²) in [5.74, 6) is -0.169. The zero-order chi connectivity index (χ0) is 18.7. The lowest BCUT2D eigenvalue weighted by molar-refractivity contribution is 0.0867. The molecule has 3 rings (SSSR count). The van der Waals surface area contributed by atoms with Crippen molar-refractivity contribution in [1.82, 2.24) is 5.32 Å². The summed E-state index contributed by atoms with van der Waals surface area (Å²) in [4.78, 5) is 12.4. The monoisotopic (exact) mass is 374 g/mol. The molecule has 0 atom stereocenters. The molecule has 7 heteroatoms. The number of hydrogen-bond acceptors (Lipinski definition) is 4. The molecule has 0 radical (unpaired) electrons. The van der Waals surface area contributed by atoms with Crippen molar-refractivity contribution in [3.8, 4) is 11.1 Å². The fraction of sp³-hybridized carbons (Fsp3) is 0.316. The van der Waals surface area contributed by atoms with Gasteiger partial charge in [0.1, 0.15) is 0 Å². The number of aliphatic hydroxyl groups excluding tert-OH is 1. The maximum absolute atomic E-state index is 12.4. The number of nitrogens with one attached hydrogen (secondary N) is 1. The van der Waals surface area contributed by atoms with Gasteiger partial charge in [-0.1, -0.05) is 30.3 Å². The predicted octanol–water partition coefficient (Wildman–Crippen LogP) is 2.03. The van der Waals surface area contributed by atoms with Crippen molar-refractivity contribution < 1.29 is 18.3 Å². The molecule has 0 heterocycles. The Morgan fingerprint density at radius 2 is 1.62 bits per heavy atom. The number of sulfonamides is 1. The minimum atomic E-state index is -3.83. The summed E-state index contributed by atoms with van der Waals surface area (Å²) in [6, 6.07) is 13.3. The summed E-state index contributed by atoms with van der Waals surface area (Å²) in [6.07, 6.45) is 2.68. The van der Waals surface area contributed by atoms with E-state index in [2.05, 4.69) is 5.32 Å². The first kappa shape index (κ1) is 18.6. The van der Waals surface area contributed by atoms with Crippen LogP contribution in [0.15, 0.2) is 53.4 Å². The summed E-state index contributed by atoms with van der Waals surface area (Å²) < 4.78 is 23.5. The normalized spacial score (nSPS) is 20.5. The van der Waals surface area contributed by atoms with Crippen LogP contribution in [0, 0.1) is 0 Å². The van der Waals surface area contributed by atoms with Gasteiger partial charge in [0.15, 0.2) is 0 Å². The highest BCUT2D eigenvalue weighted by molar-refractivity contribution is 7.89. The number of rotatable bonds is 4. The first-order valence-electron chi connectivity index (χ1n) is 8.56. The third-order valence-corrected chi connectivity index (χ3v) is 5.65. The highest BCUT2D eigenvalue weighted by Gasteiger charge is 2.21. The molecule has 1 fully saturated rings. The van der Waals surface area contributed by atoms with Crippen molar-refractivity contribution >= 4 is 15.9 Å². The van der Waals surface area contributed by atoms with E-state index in [1.165, 1.54) is 6.07 Å². The average molecular weight is 374 g/mol. The number of benzene rings is 2. The average Bonchev–Trinajstić information content (AvgIpc) is 2.63. The van der Waals surface area contributed by atoms with E-state index < -0.39 is 10.0 Å². The van der Waals surface area contributed by atoms with Gasteiger partial charge in [-0.05, 0) is 49.4 Å². The molecule has 1 amide bonds. The second kappa shape index (κ2) is 7.57. The van der Waals surface area contributed by atoms with Crippen molar-refractivity contribution in [3.05, 3.63) is 54.1 Å². The lowest BCUT2D eigenvalue weighted by Gasteiger charge is -2.26. The zero-order valence-corrected chi connectivity index (χ0v) is 15.1. The maximum Gasteiger partial charge on any atom is 0.251 e. The lowest BCUT2D eigenvalue weighted by atomic mass is 9.93. The van der Waals surface area contributed by atoms with Crippen LogP contribution in [0.25, 0.3) is 11.1 Å². The Morgan fingerprint density at radius 3 is 2.23 bits per heavy atom. The molecule has 2 aromatic carbocycles. The second-order valence-electron chi connectivity index (χ2n) is 6.60. The van der Waals surface area contributed by atoms with Crippen LogP contribution in [-0.4, -0.2) is 31.6 Å². The van der Waals surface area contributed by atoms with Crippen LogP contribution >= 0.6 is 0 Å². The topological polar surface area (TPSA) is 109 Å². The van der Waals surface area contributed by atoms with Crippen molar-refractivity contribution in [2.24, 2.45) is 5.14 Å². The van der Waals surface area contributed by atoms with Crippen LogP contribution in [0.4, 0.5) is 0 Å². The lowest BCUT2D eigenvalue weighted by Crippen LogP contribution is -2.38. The largest absolute Gasteiger partial charge is 0.393 e. The Labute approximate surface area is 153 Å². The molecule has 0 aromatic heterocycles. The minimum Gasteiger partial charge on any atom is -0.393 e. The number of carbonyl (C=O) groups excluding carboxylic acids is 1. The molecule has 26 heavy (non-hydrogen) atoms. The highest BCUT2D eigenvalue weighted by atomic mass is 32.2. The number of amides is 1. The second-order valence-corrected chi connectivity index (χ2v) is 8.13. The van der Waals surface area contributed by atoms with Crippen LogP contribution < -0.4 is 10.5 Å². The van der Waals surface area contributed by atoms with Gasteiger partial charge < -0.3 is 10.4 Å². The van der Waals surface area contributed by atoms with E-state index in [1.807, 2.05) is 0 Å². The predicted molar refractivity (Wildman–Crippen MR) is 99.0 cm³/mol. The first-order valence-corrected chi connectivity index (χ1v) is 10.1. The molecule has 0 unspecified atom stereocenters. The van der Waals surface area contributed by atoms with Gasteiger partial charge >= 0.3 is 0 Å². The van der Waals surface area contributed by atoms with Gasteiger partial charge in [-0.3, -0.25) is 4.79 Å². The van der Waals surface area contributed by atoms with Gasteiger partial charge in [0.25, 0.3) is 5.91 Å². The van der Waals surface area contributed by atoms with Crippen LogP contribution in [-0.2, 0) is 10.0 Å². The van der Waals surface area contributed by atoms with Crippen LogP contribution in [0.2, 0.25) is 0 Å². The third-order valence-electron chi connectivity index (χ3n) is 4.68. The van der Waals surface area contributed by atoms with Crippen LogP contribution in [0.5, 0.6) is 0 Å². The SMILES string of the molecule is NS(=O)(=O)c1ccccc1-c1ccc(C(=O)NC2CCC(O)CC2)cc1. The number of primary sulfonamides is 1. The van der Waals surface area contributed by atoms with E-state index in [0.29, 0.717) is 29.5 Å². The standard InChI is InChI=1S/C19H22N2O4S/c20-26(24,25)18-4-2-1-3-17(18)13-5-7-14(8-6-13)19(23)21-15-9-11-16(22)12-10-15/h1-8,15-16,22H,9-12H2,(H,21,23)(H2,20,24,25). The molecular weight excluding hydrogens is 352 g/mol. The number of nitrogens with two attached hydrogens (primary N) is 1. The Kier molecular flexibility index (Phi) is 5.41. The molecule has 0 spiro atoms. The molecule has 1 aliphatic carbocycles. The molecule has 138 valence electrons. The Morgan fingerprint density at radius 1 is 1.00 bits per heavy atom. The number of carbonyl (C=O) groups is 1.